The van der Waals surface area contributed by atoms with E-state index in [2.05, 4.69) is 18.2 Å². The van der Waals surface area contributed by atoms with Crippen LogP contribution in [0.25, 0.3) is 0 Å². The zero-order chi connectivity index (χ0) is 18.9. The van der Waals surface area contributed by atoms with Crippen molar-refractivity contribution in [2.75, 3.05) is 13.2 Å². The Morgan fingerprint density at radius 1 is 1.04 bits per heavy atom. The summed E-state index contributed by atoms with van der Waals surface area (Å²) in [6.07, 6.45) is 0.800. The molecule has 136 valence electrons. The second-order valence-electron chi connectivity index (χ2n) is 6.06. The first kappa shape index (κ1) is 18.7. The molecule has 0 spiro atoms. The summed E-state index contributed by atoms with van der Waals surface area (Å²) in [5, 5.41) is 10.9. The summed E-state index contributed by atoms with van der Waals surface area (Å²) >= 11 is 1.64. The second-order valence-corrected chi connectivity index (χ2v) is 7.09. The smallest absolute Gasteiger partial charge is 0.260 e. The topological polar surface area (TPSA) is 53.3 Å². The van der Waals surface area contributed by atoms with Gasteiger partial charge in [-0.1, -0.05) is 36.4 Å². The standard InChI is InChI=1S/C22H20N2O2S/c23-15-19-8-10-20(11-9-19)26-17-22(25)24(16-21-7-4-14-27-21)13-12-18-5-2-1-3-6-18/h1-11,14H,12-13,16-17H2. The van der Waals surface area contributed by atoms with Crippen LogP contribution in [0.5, 0.6) is 5.75 Å². The minimum absolute atomic E-state index is 0.0218. The van der Waals surface area contributed by atoms with Crippen molar-refractivity contribution in [3.05, 3.63) is 88.1 Å². The highest BCUT2D eigenvalue weighted by molar-refractivity contribution is 7.09. The molecule has 0 fully saturated rings. The lowest BCUT2D eigenvalue weighted by atomic mass is 10.1. The number of nitrogens with zero attached hydrogens (tertiary/aromatic N) is 2. The van der Waals surface area contributed by atoms with Crippen LogP contribution in [0.4, 0.5) is 0 Å². The van der Waals surface area contributed by atoms with Crippen molar-refractivity contribution < 1.29 is 9.53 Å². The molecule has 0 unspecified atom stereocenters. The van der Waals surface area contributed by atoms with E-state index in [1.807, 2.05) is 40.6 Å². The fourth-order valence-corrected chi connectivity index (χ4v) is 3.37. The van der Waals surface area contributed by atoms with Crippen LogP contribution in [0, 0.1) is 11.3 Å². The van der Waals surface area contributed by atoms with Crippen LogP contribution >= 0.6 is 11.3 Å². The van der Waals surface area contributed by atoms with Gasteiger partial charge in [0.15, 0.2) is 6.61 Å². The number of rotatable bonds is 8. The van der Waals surface area contributed by atoms with E-state index in [0.717, 1.165) is 11.3 Å². The summed E-state index contributed by atoms with van der Waals surface area (Å²) in [6, 6.07) is 23.0. The van der Waals surface area contributed by atoms with Crippen LogP contribution in [-0.4, -0.2) is 24.0 Å². The first-order valence-electron chi connectivity index (χ1n) is 8.71. The monoisotopic (exact) mass is 376 g/mol. The van der Waals surface area contributed by atoms with Gasteiger partial charge in [0.1, 0.15) is 5.75 Å². The molecule has 1 heterocycles. The van der Waals surface area contributed by atoms with Gasteiger partial charge >= 0.3 is 0 Å². The summed E-state index contributed by atoms with van der Waals surface area (Å²) < 4.78 is 5.62. The van der Waals surface area contributed by atoms with Crippen molar-refractivity contribution in [3.63, 3.8) is 0 Å². The zero-order valence-electron chi connectivity index (χ0n) is 14.9. The third-order valence-electron chi connectivity index (χ3n) is 4.14. The normalized spacial score (nSPS) is 10.2. The molecule has 4 nitrogen and oxygen atoms in total. The third kappa shape index (κ3) is 5.70. The molecule has 5 heteroatoms. The van der Waals surface area contributed by atoms with Crippen molar-refractivity contribution in [1.29, 1.82) is 5.26 Å². The van der Waals surface area contributed by atoms with Gasteiger partial charge in [0.25, 0.3) is 5.91 Å². The predicted octanol–water partition coefficient (Wildman–Crippen LogP) is 4.27. The van der Waals surface area contributed by atoms with Crippen molar-refractivity contribution >= 4 is 17.2 Å². The lowest BCUT2D eigenvalue weighted by molar-refractivity contribution is -0.133. The van der Waals surface area contributed by atoms with Crippen LogP contribution in [0.3, 0.4) is 0 Å². The molecule has 0 bridgehead atoms. The van der Waals surface area contributed by atoms with Gasteiger partial charge in [-0.15, -0.1) is 11.3 Å². The van der Waals surface area contributed by atoms with Gasteiger partial charge in [0.05, 0.1) is 18.2 Å². The predicted molar refractivity (Wildman–Crippen MR) is 107 cm³/mol. The van der Waals surface area contributed by atoms with E-state index in [9.17, 15) is 4.79 Å². The summed E-state index contributed by atoms with van der Waals surface area (Å²) in [7, 11) is 0. The van der Waals surface area contributed by atoms with Gasteiger partial charge in [-0.2, -0.15) is 5.26 Å². The van der Waals surface area contributed by atoms with Gasteiger partial charge in [-0.05, 0) is 47.7 Å². The Kier molecular flexibility index (Phi) is 6.61. The molecule has 0 radical (unpaired) electrons. The molecule has 0 aliphatic carbocycles. The maximum Gasteiger partial charge on any atom is 0.260 e. The molecule has 0 saturated heterocycles. The quantitative estimate of drug-likeness (QED) is 0.590. The highest BCUT2D eigenvalue weighted by atomic mass is 32.1. The lowest BCUT2D eigenvalue weighted by Gasteiger charge is -2.22. The Bertz CT molecular complexity index is 884. The highest BCUT2D eigenvalue weighted by Gasteiger charge is 2.15. The number of nitriles is 1. The molecule has 3 rings (SSSR count). The average molecular weight is 376 g/mol. The van der Waals surface area contributed by atoms with E-state index >= 15 is 0 Å². The molecule has 0 saturated carbocycles. The molecule has 0 atom stereocenters. The zero-order valence-corrected chi connectivity index (χ0v) is 15.7. The maximum absolute atomic E-state index is 12.7. The van der Waals surface area contributed by atoms with Crippen molar-refractivity contribution in [3.8, 4) is 11.8 Å². The van der Waals surface area contributed by atoms with Gasteiger partial charge in [-0.3, -0.25) is 4.79 Å². The minimum atomic E-state index is -0.0521. The molecular formula is C22H20N2O2S. The molecule has 0 aliphatic rings. The van der Waals surface area contributed by atoms with E-state index in [1.54, 1.807) is 35.6 Å². The molecule has 3 aromatic rings. The van der Waals surface area contributed by atoms with Crippen molar-refractivity contribution in [1.82, 2.24) is 4.90 Å². The summed E-state index contributed by atoms with van der Waals surface area (Å²) in [5.41, 5.74) is 1.77. The first-order chi connectivity index (χ1) is 13.2. The van der Waals surface area contributed by atoms with E-state index in [0.29, 0.717) is 24.4 Å². The van der Waals surface area contributed by atoms with E-state index in [1.165, 1.54) is 5.56 Å². The van der Waals surface area contributed by atoms with Crippen LogP contribution < -0.4 is 4.74 Å². The first-order valence-corrected chi connectivity index (χ1v) is 9.59. The van der Waals surface area contributed by atoms with Crippen molar-refractivity contribution in [2.45, 2.75) is 13.0 Å². The molecule has 27 heavy (non-hydrogen) atoms. The van der Waals surface area contributed by atoms with E-state index in [4.69, 9.17) is 10.00 Å². The second kappa shape index (κ2) is 9.56. The Balaban J connectivity index is 1.61. The maximum atomic E-state index is 12.7. The number of thiophene rings is 1. The fourth-order valence-electron chi connectivity index (χ4n) is 2.65. The van der Waals surface area contributed by atoms with E-state index < -0.39 is 0 Å². The van der Waals surface area contributed by atoms with Crippen molar-refractivity contribution in [2.24, 2.45) is 0 Å². The fraction of sp³-hybridized carbons (Fsp3) is 0.182. The number of benzene rings is 2. The summed E-state index contributed by atoms with van der Waals surface area (Å²) in [4.78, 5) is 15.7. The van der Waals surface area contributed by atoms with Crippen LogP contribution in [0.15, 0.2) is 72.1 Å². The van der Waals surface area contributed by atoms with Gasteiger partial charge in [-0.25, -0.2) is 0 Å². The molecule has 0 N–H and O–H groups in total. The summed E-state index contributed by atoms with van der Waals surface area (Å²) in [6.45, 7) is 1.20. The average Bonchev–Trinajstić information content (AvgIpc) is 3.23. The van der Waals surface area contributed by atoms with Crippen LogP contribution in [0.2, 0.25) is 0 Å². The molecule has 0 aliphatic heterocycles. The summed E-state index contributed by atoms with van der Waals surface area (Å²) in [5.74, 6) is 0.533. The van der Waals surface area contributed by atoms with Gasteiger partial charge in [0, 0.05) is 11.4 Å². The SMILES string of the molecule is N#Cc1ccc(OCC(=O)N(CCc2ccccc2)Cc2cccs2)cc1. The minimum Gasteiger partial charge on any atom is -0.484 e. The molecule has 1 amide bonds. The number of ether oxygens (including phenoxy) is 1. The Morgan fingerprint density at radius 3 is 2.48 bits per heavy atom. The van der Waals surface area contributed by atoms with Gasteiger partial charge in [0.2, 0.25) is 0 Å². The van der Waals surface area contributed by atoms with Crippen LogP contribution in [0.1, 0.15) is 16.0 Å². The van der Waals surface area contributed by atoms with Gasteiger partial charge < -0.3 is 9.64 Å². The number of hydrogen-bond donors (Lipinski definition) is 0. The largest absolute Gasteiger partial charge is 0.484 e. The Hall–Kier alpha value is -3.10. The number of carbonyl (C=O) groups is 1. The third-order valence-corrected chi connectivity index (χ3v) is 5.00. The molecular weight excluding hydrogens is 356 g/mol. The molecule has 2 aromatic carbocycles. The number of amides is 1. The van der Waals surface area contributed by atoms with E-state index in [-0.39, 0.29) is 12.5 Å². The highest BCUT2D eigenvalue weighted by Crippen LogP contribution is 2.15. The molecule has 1 aromatic heterocycles. The Labute approximate surface area is 163 Å². The van der Waals surface area contributed by atoms with Crippen LogP contribution in [-0.2, 0) is 17.8 Å². The number of hydrogen-bond acceptors (Lipinski definition) is 4. The lowest BCUT2D eigenvalue weighted by Crippen LogP contribution is -2.35. The number of carbonyl (C=O) groups excluding carboxylic acids is 1. The Morgan fingerprint density at radius 2 is 1.81 bits per heavy atom.